The van der Waals surface area contributed by atoms with Crippen LogP contribution in [0.15, 0.2) is 12.1 Å². The predicted molar refractivity (Wildman–Crippen MR) is 89.6 cm³/mol. The van der Waals surface area contributed by atoms with Crippen molar-refractivity contribution in [2.45, 2.75) is 26.7 Å². The molecule has 0 heterocycles. The average molecular weight is 394 g/mol. The van der Waals surface area contributed by atoms with E-state index in [2.05, 4.69) is 0 Å². The van der Waals surface area contributed by atoms with Crippen molar-refractivity contribution in [3.63, 3.8) is 0 Å². The summed E-state index contributed by atoms with van der Waals surface area (Å²) in [4.78, 5) is 0. The van der Waals surface area contributed by atoms with Gasteiger partial charge in [0.2, 0.25) is 9.05 Å². The largest absolute Gasteiger partial charge is 0.491 e. The fourth-order valence-electron chi connectivity index (χ4n) is 1.91. The number of benzene rings is 1. The summed E-state index contributed by atoms with van der Waals surface area (Å²) in [6.45, 7) is 3.96. The molecular formula is C13H16Cl4O3S. The second-order valence-electron chi connectivity index (χ2n) is 4.88. The van der Waals surface area contributed by atoms with Gasteiger partial charge in [0.25, 0.3) is 0 Å². The van der Waals surface area contributed by atoms with Crippen LogP contribution in [-0.2, 0) is 9.05 Å². The molecule has 0 N–H and O–H groups in total. The smallest absolute Gasteiger partial charge is 0.233 e. The van der Waals surface area contributed by atoms with Crippen LogP contribution >= 0.6 is 45.5 Å². The summed E-state index contributed by atoms with van der Waals surface area (Å²) < 4.78 is 28.4. The SMILES string of the molecule is CCC(CC)(COc1cc(Cl)c(Cl)cc1Cl)CS(=O)(=O)Cl. The zero-order valence-corrected chi connectivity index (χ0v) is 15.5. The van der Waals surface area contributed by atoms with Gasteiger partial charge in [0, 0.05) is 22.2 Å². The molecule has 0 saturated carbocycles. The van der Waals surface area contributed by atoms with E-state index in [0.717, 1.165) is 0 Å². The van der Waals surface area contributed by atoms with Gasteiger partial charge in [0.05, 0.1) is 27.4 Å². The first-order valence-corrected chi connectivity index (χ1v) is 9.93. The molecule has 8 heteroatoms. The van der Waals surface area contributed by atoms with E-state index in [9.17, 15) is 8.42 Å². The molecule has 0 atom stereocenters. The lowest BCUT2D eigenvalue weighted by Crippen LogP contribution is -2.33. The van der Waals surface area contributed by atoms with Crippen LogP contribution in [0.4, 0.5) is 0 Å². The third kappa shape index (κ3) is 5.68. The highest BCUT2D eigenvalue weighted by atomic mass is 35.7. The molecule has 0 aliphatic rings. The maximum atomic E-state index is 11.4. The molecule has 0 aliphatic carbocycles. The normalized spacial score (nSPS) is 12.5. The summed E-state index contributed by atoms with van der Waals surface area (Å²) in [6.07, 6.45) is 1.21. The minimum Gasteiger partial charge on any atom is -0.491 e. The van der Waals surface area contributed by atoms with Gasteiger partial charge < -0.3 is 4.74 Å². The molecule has 0 saturated heterocycles. The average Bonchev–Trinajstić information content (AvgIpc) is 2.38. The summed E-state index contributed by atoms with van der Waals surface area (Å²) in [5.74, 6) is 0.206. The van der Waals surface area contributed by atoms with E-state index in [1.807, 2.05) is 13.8 Å². The van der Waals surface area contributed by atoms with E-state index in [0.29, 0.717) is 33.7 Å². The molecule has 0 spiro atoms. The van der Waals surface area contributed by atoms with Crippen molar-refractivity contribution >= 4 is 54.5 Å². The second kappa shape index (κ2) is 7.60. The minimum atomic E-state index is -3.62. The summed E-state index contributed by atoms with van der Waals surface area (Å²) in [6, 6.07) is 3.00. The van der Waals surface area contributed by atoms with Crippen LogP contribution in [0.1, 0.15) is 26.7 Å². The van der Waals surface area contributed by atoms with Crippen molar-refractivity contribution < 1.29 is 13.2 Å². The van der Waals surface area contributed by atoms with E-state index in [1.165, 1.54) is 12.1 Å². The first-order chi connectivity index (χ1) is 9.62. The Balaban J connectivity index is 2.95. The molecule has 21 heavy (non-hydrogen) atoms. The standard InChI is InChI=1S/C13H16Cl4O3S/c1-3-13(4-2,8-21(17,18)19)7-20-12-6-10(15)9(14)5-11(12)16/h5-6H,3-4,7-8H2,1-2H3. The Labute approximate surface area is 144 Å². The van der Waals surface area contributed by atoms with Crippen LogP contribution in [0.3, 0.4) is 0 Å². The summed E-state index contributed by atoms with van der Waals surface area (Å²) in [5, 5.41) is 0.966. The Kier molecular flexibility index (Phi) is 6.94. The highest BCUT2D eigenvalue weighted by Crippen LogP contribution is 2.36. The van der Waals surface area contributed by atoms with Crippen LogP contribution in [0.2, 0.25) is 15.1 Å². The molecular weight excluding hydrogens is 378 g/mol. The van der Waals surface area contributed by atoms with Crippen molar-refractivity contribution in [2.24, 2.45) is 5.41 Å². The van der Waals surface area contributed by atoms with E-state index in [4.69, 9.17) is 50.2 Å². The van der Waals surface area contributed by atoms with Gasteiger partial charge >= 0.3 is 0 Å². The lowest BCUT2D eigenvalue weighted by molar-refractivity contribution is 0.155. The van der Waals surface area contributed by atoms with Gasteiger partial charge in [-0.3, -0.25) is 0 Å². The molecule has 0 aromatic heterocycles. The third-order valence-electron chi connectivity index (χ3n) is 3.49. The highest BCUT2D eigenvalue weighted by Gasteiger charge is 2.33. The Hall–Kier alpha value is 0.130. The first-order valence-electron chi connectivity index (χ1n) is 6.32. The van der Waals surface area contributed by atoms with E-state index < -0.39 is 14.5 Å². The number of halogens is 4. The molecule has 0 radical (unpaired) electrons. The Morgan fingerprint density at radius 2 is 1.57 bits per heavy atom. The van der Waals surface area contributed by atoms with Crippen LogP contribution in [0.5, 0.6) is 5.75 Å². The van der Waals surface area contributed by atoms with Gasteiger partial charge in [-0.1, -0.05) is 48.7 Å². The van der Waals surface area contributed by atoms with Gasteiger partial charge in [-0.25, -0.2) is 8.42 Å². The van der Waals surface area contributed by atoms with Gasteiger partial charge in [-0.15, -0.1) is 0 Å². The summed E-state index contributed by atoms with van der Waals surface area (Å²) in [5.41, 5.74) is -0.573. The zero-order chi connectivity index (χ0) is 16.3. The molecule has 1 rings (SSSR count). The van der Waals surface area contributed by atoms with E-state index >= 15 is 0 Å². The Morgan fingerprint density at radius 1 is 1.05 bits per heavy atom. The monoisotopic (exact) mass is 392 g/mol. The summed E-state index contributed by atoms with van der Waals surface area (Å²) in [7, 11) is 1.76. The fourth-order valence-corrected chi connectivity index (χ4v) is 4.42. The van der Waals surface area contributed by atoms with Crippen molar-refractivity contribution in [1.29, 1.82) is 0 Å². The quantitative estimate of drug-likeness (QED) is 0.460. The molecule has 1 aromatic rings. The molecule has 0 bridgehead atoms. The first kappa shape index (κ1) is 19.2. The van der Waals surface area contributed by atoms with Crippen LogP contribution < -0.4 is 4.74 Å². The number of ether oxygens (including phenoxy) is 1. The molecule has 3 nitrogen and oxygen atoms in total. The van der Waals surface area contributed by atoms with Gasteiger partial charge in [0.1, 0.15) is 5.75 Å². The summed E-state index contributed by atoms with van der Waals surface area (Å²) >= 11 is 17.8. The van der Waals surface area contributed by atoms with Crippen molar-refractivity contribution in [3.8, 4) is 5.75 Å². The fraction of sp³-hybridized carbons (Fsp3) is 0.538. The van der Waals surface area contributed by atoms with Crippen molar-refractivity contribution in [1.82, 2.24) is 0 Å². The lowest BCUT2D eigenvalue weighted by atomic mass is 9.85. The third-order valence-corrected chi connectivity index (χ3v) is 5.79. The van der Waals surface area contributed by atoms with E-state index in [1.54, 1.807) is 0 Å². The van der Waals surface area contributed by atoms with E-state index in [-0.39, 0.29) is 12.4 Å². The number of hydrogen-bond donors (Lipinski definition) is 0. The Bertz CT molecular complexity index is 598. The zero-order valence-electron chi connectivity index (χ0n) is 11.6. The van der Waals surface area contributed by atoms with Gasteiger partial charge in [0.15, 0.2) is 0 Å². The molecule has 120 valence electrons. The van der Waals surface area contributed by atoms with Crippen LogP contribution in [0, 0.1) is 5.41 Å². The van der Waals surface area contributed by atoms with Crippen LogP contribution in [0.25, 0.3) is 0 Å². The number of rotatable bonds is 7. The van der Waals surface area contributed by atoms with Crippen molar-refractivity contribution in [2.75, 3.05) is 12.4 Å². The Morgan fingerprint density at radius 3 is 2.05 bits per heavy atom. The maximum absolute atomic E-state index is 11.4. The lowest BCUT2D eigenvalue weighted by Gasteiger charge is -2.30. The van der Waals surface area contributed by atoms with Crippen molar-refractivity contribution in [3.05, 3.63) is 27.2 Å². The molecule has 1 aromatic carbocycles. The second-order valence-corrected chi connectivity index (χ2v) is 8.87. The van der Waals surface area contributed by atoms with Crippen LogP contribution in [-0.4, -0.2) is 20.8 Å². The predicted octanol–water partition coefficient (Wildman–Crippen LogP) is 5.40. The molecule has 0 amide bonds. The molecule has 0 aliphatic heterocycles. The topological polar surface area (TPSA) is 43.4 Å². The minimum absolute atomic E-state index is 0.159. The maximum Gasteiger partial charge on any atom is 0.233 e. The molecule has 0 unspecified atom stereocenters. The van der Waals surface area contributed by atoms with Gasteiger partial charge in [-0.2, -0.15) is 0 Å². The molecule has 0 fully saturated rings. The van der Waals surface area contributed by atoms with Gasteiger partial charge in [-0.05, 0) is 18.9 Å². The highest BCUT2D eigenvalue weighted by molar-refractivity contribution is 8.13. The number of hydrogen-bond acceptors (Lipinski definition) is 3.